The highest BCUT2D eigenvalue weighted by atomic mass is 16.2. The van der Waals surface area contributed by atoms with Crippen molar-refractivity contribution in [2.75, 3.05) is 13.1 Å². The van der Waals surface area contributed by atoms with Gasteiger partial charge in [0.25, 0.3) is 0 Å². The number of nitrogens with one attached hydrogen (secondary N) is 1. The Morgan fingerprint density at radius 1 is 1.11 bits per heavy atom. The molecule has 2 amide bonds. The van der Waals surface area contributed by atoms with Gasteiger partial charge in [0.1, 0.15) is 0 Å². The molecule has 2 rings (SSSR count). The third kappa shape index (κ3) is 3.61. The summed E-state index contributed by atoms with van der Waals surface area (Å²) in [5.41, 5.74) is 5.56. The van der Waals surface area contributed by atoms with E-state index in [1.165, 1.54) is 38.5 Å². The first kappa shape index (κ1) is 13.7. The molecule has 0 atom stereocenters. The molecule has 0 spiro atoms. The van der Waals surface area contributed by atoms with Crippen LogP contribution < -0.4 is 11.1 Å². The Bertz CT molecular complexity index is 260. The van der Waals surface area contributed by atoms with Crippen LogP contribution in [0.15, 0.2) is 0 Å². The molecule has 0 aromatic heterocycles. The summed E-state index contributed by atoms with van der Waals surface area (Å²) < 4.78 is 0. The molecule has 2 fully saturated rings. The summed E-state index contributed by atoms with van der Waals surface area (Å²) in [6.45, 7) is 1.49. The normalized spacial score (nSPS) is 21.4. The third-order valence-corrected chi connectivity index (χ3v) is 4.31. The Morgan fingerprint density at radius 3 is 2.39 bits per heavy atom. The van der Waals surface area contributed by atoms with Crippen molar-refractivity contribution in [3.8, 4) is 0 Å². The average Bonchev–Trinajstić information content (AvgIpc) is 2.33. The maximum Gasteiger partial charge on any atom is 0.317 e. The first-order chi connectivity index (χ1) is 8.81. The van der Waals surface area contributed by atoms with E-state index in [1.807, 2.05) is 4.90 Å². The predicted molar refractivity (Wildman–Crippen MR) is 73.4 cm³/mol. The molecule has 2 aliphatic carbocycles. The Hall–Kier alpha value is -0.770. The van der Waals surface area contributed by atoms with E-state index in [9.17, 15) is 4.79 Å². The van der Waals surface area contributed by atoms with E-state index in [4.69, 9.17) is 5.73 Å². The van der Waals surface area contributed by atoms with Gasteiger partial charge in [0, 0.05) is 18.6 Å². The van der Waals surface area contributed by atoms with Crippen LogP contribution in [0.25, 0.3) is 0 Å². The second-order valence-corrected chi connectivity index (χ2v) is 5.70. The van der Waals surface area contributed by atoms with Crippen molar-refractivity contribution >= 4 is 6.03 Å². The van der Waals surface area contributed by atoms with Crippen LogP contribution in [0.5, 0.6) is 0 Å². The zero-order valence-corrected chi connectivity index (χ0v) is 11.4. The smallest absolute Gasteiger partial charge is 0.317 e. The number of hydrogen-bond donors (Lipinski definition) is 2. The van der Waals surface area contributed by atoms with Gasteiger partial charge < -0.3 is 16.0 Å². The fourth-order valence-electron chi connectivity index (χ4n) is 2.91. The molecule has 104 valence electrons. The maximum atomic E-state index is 12.3. The predicted octanol–water partition coefficient (Wildman–Crippen LogP) is 2.23. The number of nitrogens with zero attached hydrogens (tertiary/aromatic N) is 1. The molecule has 0 unspecified atom stereocenters. The number of rotatable bonds is 5. The molecule has 4 nitrogen and oxygen atoms in total. The summed E-state index contributed by atoms with van der Waals surface area (Å²) in [6, 6.07) is 1.03. The zero-order valence-electron chi connectivity index (χ0n) is 11.4. The molecule has 0 aromatic rings. The van der Waals surface area contributed by atoms with E-state index in [-0.39, 0.29) is 6.03 Å². The SMILES string of the molecule is NCCCN(C(=O)NC1CCCCC1)C1CCC1. The van der Waals surface area contributed by atoms with Gasteiger partial charge in [-0.15, -0.1) is 0 Å². The molecule has 0 aromatic carbocycles. The van der Waals surface area contributed by atoms with Crippen LogP contribution >= 0.6 is 0 Å². The molecule has 4 heteroatoms. The van der Waals surface area contributed by atoms with E-state index < -0.39 is 0 Å². The first-order valence-electron chi connectivity index (χ1n) is 7.58. The second kappa shape index (κ2) is 6.98. The molecule has 0 aliphatic heterocycles. The quantitative estimate of drug-likeness (QED) is 0.789. The largest absolute Gasteiger partial charge is 0.335 e. The minimum absolute atomic E-state index is 0.153. The van der Waals surface area contributed by atoms with Gasteiger partial charge in [-0.25, -0.2) is 4.79 Å². The number of hydrogen-bond acceptors (Lipinski definition) is 2. The summed E-state index contributed by atoms with van der Waals surface area (Å²) >= 11 is 0. The van der Waals surface area contributed by atoms with Gasteiger partial charge in [0.2, 0.25) is 0 Å². The number of amides is 2. The minimum atomic E-state index is 0.153. The lowest BCUT2D eigenvalue weighted by Gasteiger charge is -2.38. The van der Waals surface area contributed by atoms with Crippen LogP contribution in [0.1, 0.15) is 57.8 Å². The molecule has 0 saturated heterocycles. The third-order valence-electron chi connectivity index (χ3n) is 4.31. The van der Waals surface area contributed by atoms with Crippen molar-refractivity contribution in [2.45, 2.75) is 69.9 Å². The zero-order chi connectivity index (χ0) is 12.8. The van der Waals surface area contributed by atoms with Crippen molar-refractivity contribution in [1.82, 2.24) is 10.2 Å². The minimum Gasteiger partial charge on any atom is -0.335 e. The lowest BCUT2D eigenvalue weighted by atomic mass is 9.91. The fraction of sp³-hybridized carbons (Fsp3) is 0.929. The highest BCUT2D eigenvalue weighted by molar-refractivity contribution is 5.75. The monoisotopic (exact) mass is 253 g/mol. The molecular formula is C14H27N3O. The molecule has 2 saturated carbocycles. The number of carbonyl (C=O) groups excluding carboxylic acids is 1. The molecule has 18 heavy (non-hydrogen) atoms. The van der Waals surface area contributed by atoms with Crippen LogP contribution in [0.2, 0.25) is 0 Å². The molecule has 0 bridgehead atoms. The second-order valence-electron chi connectivity index (χ2n) is 5.70. The van der Waals surface area contributed by atoms with E-state index in [2.05, 4.69) is 5.32 Å². The summed E-state index contributed by atoms with van der Waals surface area (Å²) in [4.78, 5) is 14.4. The van der Waals surface area contributed by atoms with Crippen molar-refractivity contribution < 1.29 is 4.79 Å². The first-order valence-corrected chi connectivity index (χ1v) is 7.58. The van der Waals surface area contributed by atoms with Gasteiger partial charge in [0.15, 0.2) is 0 Å². The standard InChI is InChI=1S/C14H27N3O/c15-10-5-11-17(13-8-4-9-13)14(18)16-12-6-2-1-3-7-12/h12-13H,1-11,15H2,(H,16,18). The van der Waals surface area contributed by atoms with Crippen molar-refractivity contribution in [3.63, 3.8) is 0 Å². The van der Waals surface area contributed by atoms with Crippen molar-refractivity contribution in [2.24, 2.45) is 5.73 Å². The van der Waals surface area contributed by atoms with Crippen LogP contribution in [0.3, 0.4) is 0 Å². The Morgan fingerprint density at radius 2 is 1.83 bits per heavy atom. The fourth-order valence-corrected chi connectivity index (χ4v) is 2.91. The van der Waals surface area contributed by atoms with Gasteiger partial charge in [-0.3, -0.25) is 0 Å². The molecular weight excluding hydrogens is 226 g/mol. The summed E-state index contributed by atoms with van der Waals surface area (Å²) in [5, 5.41) is 3.22. The number of urea groups is 1. The average molecular weight is 253 g/mol. The van der Waals surface area contributed by atoms with Crippen molar-refractivity contribution in [3.05, 3.63) is 0 Å². The number of carbonyl (C=O) groups is 1. The molecule has 0 radical (unpaired) electrons. The van der Waals surface area contributed by atoms with Gasteiger partial charge in [0.05, 0.1) is 0 Å². The summed E-state index contributed by atoms with van der Waals surface area (Å²) in [5.74, 6) is 0. The topological polar surface area (TPSA) is 58.4 Å². The Kier molecular flexibility index (Phi) is 5.29. The Labute approximate surface area is 110 Å². The highest BCUT2D eigenvalue weighted by Crippen LogP contribution is 2.25. The lowest BCUT2D eigenvalue weighted by Crippen LogP contribution is -2.52. The van der Waals surface area contributed by atoms with Crippen LogP contribution in [0.4, 0.5) is 4.79 Å². The van der Waals surface area contributed by atoms with Gasteiger partial charge >= 0.3 is 6.03 Å². The molecule has 0 heterocycles. The number of nitrogens with two attached hydrogens (primary N) is 1. The van der Waals surface area contributed by atoms with E-state index in [0.29, 0.717) is 18.6 Å². The lowest BCUT2D eigenvalue weighted by molar-refractivity contribution is 0.133. The van der Waals surface area contributed by atoms with Gasteiger partial charge in [-0.2, -0.15) is 0 Å². The molecule has 2 aliphatic rings. The van der Waals surface area contributed by atoms with E-state index in [0.717, 1.165) is 25.8 Å². The van der Waals surface area contributed by atoms with Crippen LogP contribution in [-0.4, -0.2) is 36.1 Å². The summed E-state index contributed by atoms with van der Waals surface area (Å²) in [7, 11) is 0. The molecule has 3 N–H and O–H groups in total. The van der Waals surface area contributed by atoms with Crippen LogP contribution in [0, 0.1) is 0 Å². The summed E-state index contributed by atoms with van der Waals surface area (Å²) in [6.07, 6.45) is 10.7. The van der Waals surface area contributed by atoms with E-state index >= 15 is 0 Å². The van der Waals surface area contributed by atoms with Gasteiger partial charge in [-0.1, -0.05) is 19.3 Å². The van der Waals surface area contributed by atoms with E-state index in [1.54, 1.807) is 0 Å². The maximum absolute atomic E-state index is 12.3. The highest BCUT2D eigenvalue weighted by Gasteiger charge is 2.29. The Balaban J connectivity index is 1.81. The van der Waals surface area contributed by atoms with Crippen LogP contribution in [-0.2, 0) is 0 Å². The van der Waals surface area contributed by atoms with Crippen molar-refractivity contribution in [1.29, 1.82) is 0 Å². The van der Waals surface area contributed by atoms with Gasteiger partial charge in [-0.05, 0) is 45.1 Å².